The first-order valence-corrected chi connectivity index (χ1v) is 4.85. The van der Waals surface area contributed by atoms with Crippen molar-refractivity contribution in [1.29, 1.82) is 0 Å². The van der Waals surface area contributed by atoms with Gasteiger partial charge < -0.3 is 9.73 Å². The molecule has 0 amide bonds. The fourth-order valence-electron chi connectivity index (χ4n) is 0.780. The molecule has 1 heterocycles. The van der Waals surface area contributed by atoms with E-state index in [0.717, 1.165) is 0 Å². The summed E-state index contributed by atoms with van der Waals surface area (Å²) < 4.78 is 39.9. The van der Waals surface area contributed by atoms with E-state index in [-0.39, 0.29) is 24.1 Å². The summed E-state index contributed by atoms with van der Waals surface area (Å²) in [5.41, 5.74) is -4.14. The summed E-state index contributed by atoms with van der Waals surface area (Å²) in [5.74, 6) is 0.611. The lowest BCUT2D eigenvalue weighted by atomic mass is 10.5. The smallest absolute Gasteiger partial charge is 0.441 e. The van der Waals surface area contributed by atoms with Gasteiger partial charge in [-0.25, -0.2) is 4.98 Å². The summed E-state index contributed by atoms with van der Waals surface area (Å²) in [6.45, 7) is 0.684. The third-order valence-electron chi connectivity index (χ3n) is 1.33. The van der Waals surface area contributed by atoms with Crippen molar-refractivity contribution in [3.63, 3.8) is 0 Å². The molecule has 0 aromatic carbocycles. The lowest BCUT2D eigenvalue weighted by Crippen LogP contribution is -2.18. The third kappa shape index (κ3) is 5.13. The number of nitrogens with one attached hydrogen (secondary N) is 1. The molecular weight excluding hydrogens is 217 g/mol. The van der Waals surface area contributed by atoms with Crippen LogP contribution in [0.1, 0.15) is 5.76 Å². The minimum atomic E-state index is -4.14. The Morgan fingerprint density at radius 1 is 1.50 bits per heavy atom. The van der Waals surface area contributed by atoms with E-state index < -0.39 is 5.51 Å². The zero-order valence-electron chi connectivity index (χ0n) is 7.17. The Morgan fingerprint density at radius 3 is 2.86 bits per heavy atom. The molecule has 0 saturated carbocycles. The Balaban J connectivity index is 2.00. The van der Waals surface area contributed by atoms with E-state index in [4.69, 9.17) is 4.42 Å². The predicted molar refractivity (Wildman–Crippen MR) is 46.7 cm³/mol. The number of halogens is 3. The van der Waals surface area contributed by atoms with Crippen LogP contribution in [0, 0.1) is 0 Å². The van der Waals surface area contributed by atoms with Gasteiger partial charge in [-0.1, -0.05) is 0 Å². The van der Waals surface area contributed by atoms with Gasteiger partial charge in [0, 0.05) is 12.3 Å². The molecule has 0 atom stereocenters. The zero-order valence-corrected chi connectivity index (χ0v) is 7.99. The van der Waals surface area contributed by atoms with E-state index in [9.17, 15) is 13.2 Å². The molecule has 80 valence electrons. The van der Waals surface area contributed by atoms with Gasteiger partial charge in [-0.05, 0) is 11.8 Å². The van der Waals surface area contributed by atoms with Gasteiger partial charge in [0.2, 0.25) is 0 Å². The Labute approximate surface area is 83.1 Å². The van der Waals surface area contributed by atoms with Gasteiger partial charge in [0.05, 0.1) is 12.7 Å². The lowest BCUT2D eigenvalue weighted by Gasteiger charge is -2.05. The lowest BCUT2D eigenvalue weighted by molar-refractivity contribution is -0.0327. The number of hydrogen-bond acceptors (Lipinski definition) is 4. The molecule has 1 aromatic heterocycles. The van der Waals surface area contributed by atoms with Gasteiger partial charge in [-0.2, -0.15) is 13.2 Å². The first kappa shape index (κ1) is 11.4. The largest absolute Gasteiger partial charge is 0.447 e. The SMILES string of the molecule is FC(F)(F)SCCNCc1cnco1. The summed E-state index contributed by atoms with van der Waals surface area (Å²) >= 11 is -0.0380. The van der Waals surface area contributed by atoms with E-state index in [2.05, 4.69) is 10.3 Å². The number of oxazole rings is 1. The molecule has 14 heavy (non-hydrogen) atoms. The maximum atomic E-state index is 11.7. The summed E-state index contributed by atoms with van der Waals surface area (Å²) in [4.78, 5) is 3.67. The van der Waals surface area contributed by atoms with Crippen molar-refractivity contribution in [2.24, 2.45) is 0 Å². The third-order valence-corrected chi connectivity index (χ3v) is 2.06. The molecule has 0 saturated heterocycles. The summed E-state index contributed by atoms with van der Waals surface area (Å²) in [6, 6.07) is 0. The van der Waals surface area contributed by atoms with Gasteiger partial charge in [0.25, 0.3) is 0 Å². The Kier molecular flexibility index (Phi) is 4.27. The van der Waals surface area contributed by atoms with Crippen LogP contribution in [0.2, 0.25) is 0 Å². The van der Waals surface area contributed by atoms with E-state index in [1.54, 1.807) is 0 Å². The Morgan fingerprint density at radius 2 is 2.29 bits per heavy atom. The average Bonchev–Trinajstić information content (AvgIpc) is 2.54. The van der Waals surface area contributed by atoms with Gasteiger partial charge in [0.1, 0.15) is 5.76 Å². The molecule has 0 bridgehead atoms. The van der Waals surface area contributed by atoms with Crippen LogP contribution in [0.4, 0.5) is 13.2 Å². The zero-order chi connectivity index (χ0) is 10.4. The highest BCUT2D eigenvalue weighted by molar-refractivity contribution is 8.00. The minimum absolute atomic E-state index is 0.00234. The van der Waals surface area contributed by atoms with Crippen molar-refractivity contribution in [3.8, 4) is 0 Å². The topological polar surface area (TPSA) is 38.1 Å². The first-order valence-electron chi connectivity index (χ1n) is 3.87. The highest BCUT2D eigenvalue weighted by Gasteiger charge is 2.27. The van der Waals surface area contributed by atoms with Gasteiger partial charge in [-0.3, -0.25) is 0 Å². The predicted octanol–water partition coefficient (Wildman–Crippen LogP) is 2.02. The molecule has 0 aliphatic rings. The maximum Gasteiger partial charge on any atom is 0.441 e. The highest BCUT2D eigenvalue weighted by Crippen LogP contribution is 2.29. The second kappa shape index (κ2) is 5.26. The Bertz CT molecular complexity index is 250. The van der Waals surface area contributed by atoms with Gasteiger partial charge >= 0.3 is 5.51 Å². The number of thioether (sulfide) groups is 1. The first-order chi connectivity index (χ1) is 6.58. The van der Waals surface area contributed by atoms with Crippen LogP contribution in [0.15, 0.2) is 17.0 Å². The number of alkyl halides is 3. The van der Waals surface area contributed by atoms with E-state index in [0.29, 0.717) is 12.3 Å². The molecule has 0 fully saturated rings. The second-order valence-corrected chi connectivity index (χ2v) is 3.60. The Hall–Kier alpha value is -0.690. The molecule has 0 spiro atoms. The molecule has 3 nitrogen and oxygen atoms in total. The standard InChI is InChI=1S/C7H9F3N2OS/c8-7(9,10)14-2-1-11-3-6-4-12-5-13-6/h4-5,11H,1-3H2. The van der Waals surface area contributed by atoms with Crippen LogP contribution in [0.5, 0.6) is 0 Å². The quantitative estimate of drug-likeness (QED) is 0.779. The van der Waals surface area contributed by atoms with E-state index in [1.807, 2.05) is 0 Å². The summed E-state index contributed by atoms with van der Waals surface area (Å²) in [6.07, 6.45) is 2.80. The fourth-order valence-corrected chi connectivity index (χ4v) is 1.26. The van der Waals surface area contributed by atoms with Crippen molar-refractivity contribution in [2.75, 3.05) is 12.3 Å². The van der Waals surface area contributed by atoms with Crippen LogP contribution in [-0.4, -0.2) is 22.8 Å². The fraction of sp³-hybridized carbons (Fsp3) is 0.571. The normalized spacial score (nSPS) is 11.9. The molecule has 0 aliphatic heterocycles. The van der Waals surface area contributed by atoms with Crippen molar-refractivity contribution in [3.05, 3.63) is 18.4 Å². The van der Waals surface area contributed by atoms with Gasteiger partial charge in [-0.15, -0.1) is 0 Å². The molecule has 1 N–H and O–H groups in total. The van der Waals surface area contributed by atoms with Crippen LogP contribution in [-0.2, 0) is 6.54 Å². The summed E-state index contributed by atoms with van der Waals surface area (Å²) in [7, 11) is 0. The van der Waals surface area contributed by atoms with Crippen LogP contribution < -0.4 is 5.32 Å². The number of aromatic nitrogens is 1. The van der Waals surface area contributed by atoms with Crippen LogP contribution >= 0.6 is 11.8 Å². The molecule has 7 heteroatoms. The monoisotopic (exact) mass is 226 g/mol. The number of rotatable bonds is 5. The molecule has 0 radical (unpaired) electrons. The molecule has 1 rings (SSSR count). The minimum Gasteiger partial charge on any atom is -0.447 e. The van der Waals surface area contributed by atoms with Crippen LogP contribution in [0.25, 0.3) is 0 Å². The summed E-state index contributed by atoms with van der Waals surface area (Å²) in [5, 5.41) is 2.81. The average molecular weight is 226 g/mol. The number of hydrogen-bond donors (Lipinski definition) is 1. The van der Waals surface area contributed by atoms with E-state index >= 15 is 0 Å². The van der Waals surface area contributed by atoms with Crippen molar-refractivity contribution in [1.82, 2.24) is 10.3 Å². The molecule has 1 aromatic rings. The second-order valence-electron chi connectivity index (χ2n) is 2.44. The molecular formula is C7H9F3N2OS. The van der Waals surface area contributed by atoms with Crippen LogP contribution in [0.3, 0.4) is 0 Å². The highest BCUT2D eigenvalue weighted by atomic mass is 32.2. The maximum absolute atomic E-state index is 11.7. The molecule has 0 aliphatic carbocycles. The molecule has 0 unspecified atom stereocenters. The van der Waals surface area contributed by atoms with E-state index in [1.165, 1.54) is 12.6 Å². The van der Waals surface area contributed by atoms with Crippen molar-refractivity contribution in [2.45, 2.75) is 12.1 Å². The van der Waals surface area contributed by atoms with Crippen molar-refractivity contribution >= 4 is 11.8 Å². The van der Waals surface area contributed by atoms with Crippen molar-refractivity contribution < 1.29 is 17.6 Å². The van der Waals surface area contributed by atoms with Gasteiger partial charge in [0.15, 0.2) is 6.39 Å². The number of nitrogens with zero attached hydrogens (tertiary/aromatic N) is 1.